The number of nitrogens with one attached hydrogen (secondary N) is 1. The molecule has 3 N–H and O–H groups in total. The van der Waals surface area contributed by atoms with Crippen LogP contribution < -0.4 is 16.0 Å². The minimum atomic E-state index is 0.125. The Hall–Kier alpha value is -1.36. The van der Waals surface area contributed by atoms with Crippen molar-refractivity contribution in [3.8, 4) is 5.75 Å². The number of hydrazine groups is 1. The van der Waals surface area contributed by atoms with Crippen molar-refractivity contribution in [1.82, 2.24) is 5.43 Å². The first-order valence-electron chi connectivity index (χ1n) is 7.09. The van der Waals surface area contributed by atoms with Gasteiger partial charge in [0.25, 0.3) is 0 Å². The summed E-state index contributed by atoms with van der Waals surface area (Å²) < 4.78 is 6.39. The average Bonchev–Trinajstić information content (AvgIpc) is 3.31. The van der Waals surface area contributed by atoms with E-state index >= 15 is 0 Å². The molecule has 1 aliphatic rings. The maximum absolute atomic E-state index is 5.83. The fraction of sp³-hybridized carbons (Fsp3) is 0.294. The quantitative estimate of drug-likeness (QED) is 0.639. The summed E-state index contributed by atoms with van der Waals surface area (Å²) in [7, 11) is 1.68. The van der Waals surface area contributed by atoms with Crippen LogP contribution in [0, 0.1) is 5.92 Å². The topological polar surface area (TPSA) is 47.3 Å². The van der Waals surface area contributed by atoms with E-state index in [-0.39, 0.29) is 6.04 Å². The standard InChI is InChI=1S/C17H19BrN2O/c1-21-12-7-8-16(18)15(9-12)17(20-19)14-10-13(14)11-5-3-2-4-6-11/h2-9,13-14,17,20H,10,19H2,1H3. The molecule has 0 heterocycles. The lowest BCUT2D eigenvalue weighted by atomic mass is 9.99. The van der Waals surface area contributed by atoms with E-state index in [1.165, 1.54) is 5.56 Å². The Bertz CT molecular complexity index is 617. The van der Waals surface area contributed by atoms with Crippen LogP contribution in [0.1, 0.15) is 29.5 Å². The molecule has 1 aliphatic carbocycles. The van der Waals surface area contributed by atoms with E-state index in [1.54, 1.807) is 7.11 Å². The van der Waals surface area contributed by atoms with Crippen LogP contribution >= 0.6 is 15.9 Å². The molecular weight excluding hydrogens is 328 g/mol. The second kappa shape index (κ2) is 6.18. The zero-order valence-electron chi connectivity index (χ0n) is 11.9. The molecule has 2 aromatic rings. The zero-order chi connectivity index (χ0) is 14.8. The van der Waals surface area contributed by atoms with E-state index in [2.05, 4.69) is 57.8 Å². The summed E-state index contributed by atoms with van der Waals surface area (Å²) in [5.41, 5.74) is 5.53. The zero-order valence-corrected chi connectivity index (χ0v) is 13.5. The Morgan fingerprint density at radius 3 is 2.67 bits per heavy atom. The molecule has 3 unspecified atom stereocenters. The Kier molecular flexibility index (Phi) is 4.29. The van der Waals surface area contributed by atoms with Gasteiger partial charge < -0.3 is 4.74 Å². The summed E-state index contributed by atoms with van der Waals surface area (Å²) >= 11 is 3.62. The third kappa shape index (κ3) is 2.98. The fourth-order valence-electron chi connectivity index (χ4n) is 3.00. The maximum atomic E-state index is 5.83. The molecule has 0 bridgehead atoms. The number of ether oxygens (including phenoxy) is 1. The first-order chi connectivity index (χ1) is 10.2. The van der Waals surface area contributed by atoms with Crippen molar-refractivity contribution in [1.29, 1.82) is 0 Å². The molecule has 0 aromatic heterocycles. The summed E-state index contributed by atoms with van der Waals surface area (Å²) in [5, 5.41) is 0. The second-order valence-corrected chi connectivity index (χ2v) is 6.30. The van der Waals surface area contributed by atoms with E-state index in [1.807, 2.05) is 12.1 Å². The van der Waals surface area contributed by atoms with Gasteiger partial charge >= 0.3 is 0 Å². The predicted molar refractivity (Wildman–Crippen MR) is 88.0 cm³/mol. The summed E-state index contributed by atoms with van der Waals surface area (Å²) in [6.45, 7) is 0. The highest BCUT2D eigenvalue weighted by atomic mass is 79.9. The van der Waals surface area contributed by atoms with Crippen LogP contribution in [0.4, 0.5) is 0 Å². The molecule has 2 aromatic carbocycles. The van der Waals surface area contributed by atoms with Gasteiger partial charge in [-0.05, 0) is 47.6 Å². The third-order valence-electron chi connectivity index (χ3n) is 4.21. The van der Waals surface area contributed by atoms with E-state index in [9.17, 15) is 0 Å². The van der Waals surface area contributed by atoms with Crippen LogP contribution in [0.2, 0.25) is 0 Å². The average molecular weight is 347 g/mol. The predicted octanol–water partition coefficient (Wildman–Crippen LogP) is 3.77. The molecule has 3 nitrogen and oxygen atoms in total. The van der Waals surface area contributed by atoms with Crippen molar-refractivity contribution >= 4 is 15.9 Å². The van der Waals surface area contributed by atoms with Crippen LogP contribution in [0.15, 0.2) is 53.0 Å². The highest BCUT2D eigenvalue weighted by molar-refractivity contribution is 9.10. The van der Waals surface area contributed by atoms with Gasteiger partial charge in [-0.15, -0.1) is 0 Å². The fourth-order valence-corrected chi connectivity index (χ4v) is 3.49. The lowest BCUT2D eigenvalue weighted by molar-refractivity contribution is 0.411. The molecular formula is C17H19BrN2O. The summed E-state index contributed by atoms with van der Waals surface area (Å²) in [6.07, 6.45) is 1.16. The molecule has 4 heteroatoms. The van der Waals surface area contributed by atoms with Gasteiger partial charge in [0.05, 0.1) is 13.2 Å². The minimum Gasteiger partial charge on any atom is -0.497 e. The van der Waals surface area contributed by atoms with E-state index in [4.69, 9.17) is 10.6 Å². The molecule has 0 saturated heterocycles. The van der Waals surface area contributed by atoms with Gasteiger partial charge in [0.15, 0.2) is 0 Å². The Morgan fingerprint density at radius 1 is 1.24 bits per heavy atom. The van der Waals surface area contributed by atoms with Crippen LogP contribution in [0.3, 0.4) is 0 Å². The number of benzene rings is 2. The van der Waals surface area contributed by atoms with Crippen molar-refractivity contribution in [3.63, 3.8) is 0 Å². The van der Waals surface area contributed by atoms with Gasteiger partial charge in [0.2, 0.25) is 0 Å². The van der Waals surface area contributed by atoms with Crippen LogP contribution in [0.5, 0.6) is 5.75 Å². The maximum Gasteiger partial charge on any atom is 0.119 e. The van der Waals surface area contributed by atoms with Gasteiger partial charge in [-0.1, -0.05) is 46.3 Å². The largest absolute Gasteiger partial charge is 0.497 e. The highest BCUT2D eigenvalue weighted by Gasteiger charge is 2.44. The van der Waals surface area contributed by atoms with E-state index in [0.717, 1.165) is 22.2 Å². The summed E-state index contributed by atoms with van der Waals surface area (Å²) in [4.78, 5) is 0. The van der Waals surface area contributed by atoms with Gasteiger partial charge in [-0.25, -0.2) is 0 Å². The Labute approximate surface area is 133 Å². The van der Waals surface area contributed by atoms with Crippen LogP contribution in [0.25, 0.3) is 0 Å². The Balaban J connectivity index is 1.84. The molecule has 1 saturated carbocycles. The van der Waals surface area contributed by atoms with Crippen molar-refractivity contribution in [2.24, 2.45) is 11.8 Å². The summed E-state index contributed by atoms with van der Waals surface area (Å²) in [6, 6.07) is 16.8. The van der Waals surface area contributed by atoms with Crippen molar-refractivity contribution in [2.45, 2.75) is 18.4 Å². The monoisotopic (exact) mass is 346 g/mol. The molecule has 0 radical (unpaired) electrons. The molecule has 110 valence electrons. The molecule has 3 atom stereocenters. The minimum absolute atomic E-state index is 0.125. The van der Waals surface area contributed by atoms with E-state index < -0.39 is 0 Å². The molecule has 3 rings (SSSR count). The highest BCUT2D eigenvalue weighted by Crippen LogP contribution is 2.54. The number of halogens is 1. The van der Waals surface area contributed by atoms with Crippen molar-refractivity contribution < 1.29 is 4.74 Å². The Morgan fingerprint density at radius 2 is 2.00 bits per heavy atom. The third-order valence-corrected chi connectivity index (χ3v) is 4.94. The molecule has 0 amide bonds. The van der Waals surface area contributed by atoms with Crippen LogP contribution in [-0.2, 0) is 0 Å². The van der Waals surface area contributed by atoms with Crippen molar-refractivity contribution in [3.05, 3.63) is 64.1 Å². The van der Waals surface area contributed by atoms with E-state index in [0.29, 0.717) is 11.8 Å². The normalized spacial score (nSPS) is 21.9. The van der Waals surface area contributed by atoms with Gasteiger partial charge in [-0.2, -0.15) is 0 Å². The van der Waals surface area contributed by atoms with Gasteiger partial charge in [0, 0.05) is 4.47 Å². The van der Waals surface area contributed by atoms with Gasteiger partial charge in [0.1, 0.15) is 5.75 Å². The molecule has 0 aliphatic heterocycles. The van der Waals surface area contributed by atoms with Crippen LogP contribution in [-0.4, -0.2) is 7.11 Å². The number of rotatable bonds is 5. The van der Waals surface area contributed by atoms with Gasteiger partial charge in [-0.3, -0.25) is 11.3 Å². The first kappa shape index (κ1) is 14.6. The molecule has 0 spiro atoms. The second-order valence-electron chi connectivity index (χ2n) is 5.45. The number of nitrogens with two attached hydrogens (primary N) is 1. The smallest absolute Gasteiger partial charge is 0.119 e. The molecule has 1 fully saturated rings. The first-order valence-corrected chi connectivity index (χ1v) is 7.88. The molecule has 21 heavy (non-hydrogen) atoms. The SMILES string of the molecule is COc1ccc(Br)c(C(NN)C2CC2c2ccccc2)c1. The lowest BCUT2D eigenvalue weighted by Gasteiger charge is -2.19. The van der Waals surface area contributed by atoms with Crippen molar-refractivity contribution in [2.75, 3.05) is 7.11 Å². The summed E-state index contributed by atoms with van der Waals surface area (Å²) in [5.74, 6) is 7.78. The number of hydrogen-bond donors (Lipinski definition) is 2. The number of hydrogen-bond acceptors (Lipinski definition) is 3. The lowest BCUT2D eigenvalue weighted by Crippen LogP contribution is -2.30. The number of methoxy groups -OCH3 is 1.